The van der Waals surface area contributed by atoms with Crippen LogP contribution in [0.5, 0.6) is 5.75 Å². The van der Waals surface area contributed by atoms with Crippen LogP contribution < -0.4 is 15.8 Å². The van der Waals surface area contributed by atoms with Gasteiger partial charge in [-0.3, -0.25) is 0 Å². The molecule has 0 fully saturated rings. The third kappa shape index (κ3) is 2.29. The number of hydrogen-bond donors (Lipinski definition) is 2. The minimum absolute atomic E-state index is 0.0456. The van der Waals surface area contributed by atoms with Gasteiger partial charge in [0.15, 0.2) is 11.6 Å². The number of fused-ring (bicyclic) bond motifs is 1. The number of hydrogen-bond acceptors (Lipinski definition) is 5. The monoisotopic (exact) mass is 260 g/mol. The molecule has 1 atom stereocenters. The van der Waals surface area contributed by atoms with Gasteiger partial charge in [-0.1, -0.05) is 18.2 Å². The number of para-hydroxylation sites is 1. The molecule has 0 spiro atoms. The summed E-state index contributed by atoms with van der Waals surface area (Å²) in [6.07, 6.45) is 1.80. The van der Waals surface area contributed by atoms with E-state index in [1.807, 2.05) is 24.3 Å². The average Bonchev–Trinajstić information content (AvgIpc) is 2.43. The van der Waals surface area contributed by atoms with Gasteiger partial charge in [0, 0.05) is 12.0 Å². The Morgan fingerprint density at radius 2 is 2.21 bits per heavy atom. The van der Waals surface area contributed by atoms with Crippen molar-refractivity contribution in [3.05, 3.63) is 41.8 Å². The van der Waals surface area contributed by atoms with E-state index in [4.69, 9.17) is 10.5 Å². The van der Waals surface area contributed by atoms with Crippen LogP contribution in [-0.2, 0) is 0 Å². The van der Waals surface area contributed by atoms with E-state index in [0.717, 1.165) is 23.9 Å². The van der Waals surface area contributed by atoms with E-state index >= 15 is 0 Å². The molecule has 98 valence electrons. The molecule has 6 heteroatoms. The zero-order chi connectivity index (χ0) is 13.2. The molecule has 0 bridgehead atoms. The summed E-state index contributed by atoms with van der Waals surface area (Å²) < 4.78 is 19.2. The fourth-order valence-electron chi connectivity index (χ4n) is 2.14. The molecule has 5 nitrogen and oxygen atoms in total. The summed E-state index contributed by atoms with van der Waals surface area (Å²) in [6, 6.07) is 7.63. The van der Waals surface area contributed by atoms with Crippen LogP contribution in [0.1, 0.15) is 18.0 Å². The summed E-state index contributed by atoms with van der Waals surface area (Å²) in [5.41, 5.74) is 6.46. The fraction of sp³-hybridized carbons (Fsp3) is 0.231. The van der Waals surface area contributed by atoms with Crippen LogP contribution in [-0.4, -0.2) is 16.6 Å². The van der Waals surface area contributed by atoms with E-state index in [-0.39, 0.29) is 17.8 Å². The summed E-state index contributed by atoms with van der Waals surface area (Å²) in [5, 5.41) is 3.06. The first-order chi connectivity index (χ1) is 9.24. The quantitative estimate of drug-likeness (QED) is 0.865. The molecule has 1 unspecified atom stereocenters. The Balaban J connectivity index is 1.90. The predicted molar refractivity (Wildman–Crippen MR) is 69.3 cm³/mol. The van der Waals surface area contributed by atoms with E-state index in [1.54, 1.807) is 0 Å². The third-order valence-electron chi connectivity index (χ3n) is 3.03. The number of nitrogens with one attached hydrogen (secondary N) is 1. The lowest BCUT2D eigenvalue weighted by atomic mass is 10.0. The van der Waals surface area contributed by atoms with Crippen LogP contribution in [0.3, 0.4) is 0 Å². The summed E-state index contributed by atoms with van der Waals surface area (Å²) >= 11 is 0. The van der Waals surface area contributed by atoms with Gasteiger partial charge in [0.05, 0.1) is 18.8 Å². The minimum atomic E-state index is -0.516. The standard InChI is InChI=1S/C13H13FN4O/c14-9-7-16-13(15)18-12(9)17-10-5-6-19-11-4-2-1-3-8(10)11/h1-4,7,10H,5-6H2,(H3,15,16,17,18). The van der Waals surface area contributed by atoms with Crippen LogP contribution in [0, 0.1) is 5.82 Å². The maximum atomic E-state index is 13.6. The van der Waals surface area contributed by atoms with Crippen molar-refractivity contribution in [2.75, 3.05) is 17.7 Å². The van der Waals surface area contributed by atoms with E-state index in [1.165, 1.54) is 0 Å². The van der Waals surface area contributed by atoms with Gasteiger partial charge < -0.3 is 15.8 Å². The first-order valence-electron chi connectivity index (χ1n) is 6.00. The predicted octanol–water partition coefficient (Wildman–Crippen LogP) is 2.13. The maximum Gasteiger partial charge on any atom is 0.222 e. The first-order valence-corrected chi connectivity index (χ1v) is 6.00. The molecule has 0 amide bonds. The lowest BCUT2D eigenvalue weighted by Gasteiger charge is -2.27. The molecule has 1 aliphatic rings. The highest BCUT2D eigenvalue weighted by atomic mass is 19.1. The number of ether oxygens (including phenoxy) is 1. The Morgan fingerprint density at radius 3 is 3.11 bits per heavy atom. The number of nitrogens with two attached hydrogens (primary N) is 1. The second-order valence-corrected chi connectivity index (χ2v) is 4.30. The number of anilines is 2. The largest absolute Gasteiger partial charge is 0.493 e. The van der Waals surface area contributed by atoms with Crippen molar-refractivity contribution in [1.82, 2.24) is 9.97 Å². The molecule has 1 aliphatic heterocycles. The van der Waals surface area contributed by atoms with Crippen LogP contribution in [0.4, 0.5) is 16.2 Å². The lowest BCUT2D eigenvalue weighted by molar-refractivity contribution is 0.274. The van der Waals surface area contributed by atoms with E-state index < -0.39 is 5.82 Å². The number of aromatic nitrogens is 2. The molecular weight excluding hydrogens is 247 g/mol. The number of halogens is 1. The van der Waals surface area contributed by atoms with E-state index in [9.17, 15) is 4.39 Å². The molecule has 3 N–H and O–H groups in total. The van der Waals surface area contributed by atoms with Crippen molar-refractivity contribution in [2.24, 2.45) is 0 Å². The molecule has 1 aromatic heterocycles. The Labute approximate surface area is 109 Å². The number of rotatable bonds is 2. The molecule has 0 aliphatic carbocycles. The Bertz CT molecular complexity index is 605. The molecule has 2 aromatic rings. The van der Waals surface area contributed by atoms with Crippen LogP contribution in [0.15, 0.2) is 30.5 Å². The van der Waals surface area contributed by atoms with Gasteiger partial charge in [0.1, 0.15) is 5.75 Å². The van der Waals surface area contributed by atoms with Gasteiger partial charge in [0.25, 0.3) is 0 Å². The molecule has 2 heterocycles. The van der Waals surface area contributed by atoms with Gasteiger partial charge in [-0.15, -0.1) is 0 Å². The van der Waals surface area contributed by atoms with Gasteiger partial charge in [-0.2, -0.15) is 4.98 Å². The molecule has 1 aromatic carbocycles. The van der Waals surface area contributed by atoms with Crippen molar-refractivity contribution in [2.45, 2.75) is 12.5 Å². The molecular formula is C13H13FN4O. The summed E-state index contributed by atoms with van der Waals surface area (Å²) in [5.74, 6) is 0.463. The average molecular weight is 260 g/mol. The third-order valence-corrected chi connectivity index (χ3v) is 3.03. The normalized spacial score (nSPS) is 17.4. The highest BCUT2D eigenvalue weighted by Crippen LogP contribution is 2.34. The van der Waals surface area contributed by atoms with Gasteiger partial charge in [-0.05, 0) is 6.07 Å². The van der Waals surface area contributed by atoms with E-state index in [0.29, 0.717) is 6.61 Å². The summed E-state index contributed by atoms with van der Waals surface area (Å²) in [4.78, 5) is 7.48. The Kier molecular flexibility index (Phi) is 2.91. The summed E-state index contributed by atoms with van der Waals surface area (Å²) in [7, 11) is 0. The molecule has 0 radical (unpaired) electrons. The highest BCUT2D eigenvalue weighted by Gasteiger charge is 2.22. The van der Waals surface area contributed by atoms with Crippen molar-refractivity contribution < 1.29 is 9.13 Å². The lowest BCUT2D eigenvalue weighted by Crippen LogP contribution is -2.21. The fourth-order valence-corrected chi connectivity index (χ4v) is 2.14. The van der Waals surface area contributed by atoms with Crippen LogP contribution >= 0.6 is 0 Å². The second-order valence-electron chi connectivity index (χ2n) is 4.30. The molecule has 19 heavy (non-hydrogen) atoms. The van der Waals surface area contributed by atoms with Crippen molar-refractivity contribution >= 4 is 11.8 Å². The second kappa shape index (κ2) is 4.72. The van der Waals surface area contributed by atoms with Gasteiger partial charge >= 0.3 is 0 Å². The number of benzene rings is 1. The Morgan fingerprint density at radius 1 is 1.37 bits per heavy atom. The minimum Gasteiger partial charge on any atom is -0.493 e. The first kappa shape index (κ1) is 11.7. The van der Waals surface area contributed by atoms with Crippen LogP contribution in [0.2, 0.25) is 0 Å². The summed E-state index contributed by atoms with van der Waals surface area (Å²) in [6.45, 7) is 0.580. The van der Waals surface area contributed by atoms with Crippen molar-refractivity contribution in [1.29, 1.82) is 0 Å². The maximum absolute atomic E-state index is 13.6. The SMILES string of the molecule is Nc1ncc(F)c(NC2CCOc3ccccc32)n1. The van der Waals surface area contributed by atoms with Crippen molar-refractivity contribution in [3.63, 3.8) is 0 Å². The van der Waals surface area contributed by atoms with Crippen molar-refractivity contribution in [3.8, 4) is 5.75 Å². The van der Waals surface area contributed by atoms with Gasteiger partial charge in [-0.25, -0.2) is 9.37 Å². The number of nitrogen functional groups attached to an aromatic ring is 1. The number of nitrogens with zero attached hydrogens (tertiary/aromatic N) is 2. The zero-order valence-corrected chi connectivity index (χ0v) is 10.1. The Hall–Kier alpha value is -2.37. The molecule has 3 rings (SSSR count). The molecule has 0 saturated heterocycles. The van der Waals surface area contributed by atoms with E-state index in [2.05, 4.69) is 15.3 Å². The van der Waals surface area contributed by atoms with Crippen LogP contribution in [0.25, 0.3) is 0 Å². The molecule has 0 saturated carbocycles. The zero-order valence-electron chi connectivity index (χ0n) is 10.1. The topological polar surface area (TPSA) is 73.1 Å². The highest BCUT2D eigenvalue weighted by molar-refractivity contribution is 5.46. The van der Waals surface area contributed by atoms with Gasteiger partial charge in [0.2, 0.25) is 5.95 Å². The smallest absolute Gasteiger partial charge is 0.222 e.